The van der Waals surface area contributed by atoms with Crippen molar-refractivity contribution >= 4 is 33.3 Å². The molecular weight excluding hydrogens is 378 g/mol. The minimum Gasteiger partial charge on any atom is -0.378 e. The number of carbonyl (C=O) groups is 1. The van der Waals surface area contributed by atoms with Crippen LogP contribution in [0.2, 0.25) is 0 Å². The van der Waals surface area contributed by atoms with Crippen molar-refractivity contribution in [1.29, 1.82) is 0 Å². The van der Waals surface area contributed by atoms with Gasteiger partial charge in [0.2, 0.25) is 5.91 Å². The van der Waals surface area contributed by atoms with Gasteiger partial charge in [0.1, 0.15) is 10.6 Å². The summed E-state index contributed by atoms with van der Waals surface area (Å²) in [7, 11) is 0. The molecule has 4 rings (SSSR count). The van der Waals surface area contributed by atoms with Crippen molar-refractivity contribution in [3.63, 3.8) is 0 Å². The molecule has 9 heteroatoms. The van der Waals surface area contributed by atoms with Gasteiger partial charge in [-0.05, 0) is 23.1 Å². The summed E-state index contributed by atoms with van der Waals surface area (Å²) in [6, 6.07) is 5.70. The summed E-state index contributed by atoms with van der Waals surface area (Å²) in [5.74, 6) is 0.809. The monoisotopic (exact) mass is 399 g/mol. The first-order valence-corrected chi connectivity index (χ1v) is 10.1. The molecule has 3 aromatic rings. The van der Waals surface area contributed by atoms with E-state index in [9.17, 15) is 9.59 Å². The number of nitrogens with one attached hydrogen (secondary N) is 1. The highest BCUT2D eigenvalue weighted by molar-refractivity contribution is 7.16. The minimum absolute atomic E-state index is 0.109. The van der Waals surface area contributed by atoms with Gasteiger partial charge in [0, 0.05) is 38.8 Å². The first-order valence-electron chi connectivity index (χ1n) is 9.18. The number of nitrogens with zero attached hydrogens (tertiary/aromatic N) is 4. The second-order valence-electron chi connectivity index (χ2n) is 6.53. The summed E-state index contributed by atoms with van der Waals surface area (Å²) >= 11 is 1.43. The highest BCUT2D eigenvalue weighted by Gasteiger charge is 2.12. The van der Waals surface area contributed by atoms with Crippen LogP contribution in [0, 0.1) is 0 Å². The number of rotatable bonds is 6. The van der Waals surface area contributed by atoms with E-state index in [-0.39, 0.29) is 17.9 Å². The lowest BCUT2D eigenvalue weighted by atomic mass is 10.2. The largest absolute Gasteiger partial charge is 0.378 e. The molecule has 0 radical (unpaired) electrons. The number of hydrogen-bond acceptors (Lipinski definition) is 7. The van der Waals surface area contributed by atoms with Crippen LogP contribution in [0.15, 0.2) is 40.9 Å². The van der Waals surface area contributed by atoms with Crippen LogP contribution in [0.1, 0.15) is 12.0 Å². The Morgan fingerprint density at radius 2 is 2.07 bits per heavy atom. The predicted octanol–water partition coefficient (Wildman–Crippen LogP) is 1.40. The smallest absolute Gasteiger partial charge is 0.262 e. The first-order chi connectivity index (χ1) is 13.7. The van der Waals surface area contributed by atoms with Crippen LogP contribution in [0.3, 0.4) is 0 Å². The van der Waals surface area contributed by atoms with Crippen LogP contribution >= 0.6 is 11.3 Å². The fourth-order valence-electron chi connectivity index (χ4n) is 3.06. The number of fused-ring (bicyclic) bond motifs is 1. The SMILES string of the molecule is O=C(CCn1cnc2sccc2c1=O)NCc1ccc(N2CCOCC2)nc1. The van der Waals surface area contributed by atoms with Gasteiger partial charge in [-0.15, -0.1) is 11.3 Å². The molecule has 0 aromatic carbocycles. The molecule has 1 aliphatic heterocycles. The van der Waals surface area contributed by atoms with Gasteiger partial charge in [-0.25, -0.2) is 9.97 Å². The molecule has 1 saturated heterocycles. The Labute approximate surface area is 165 Å². The Bertz CT molecular complexity index is 1010. The van der Waals surface area contributed by atoms with E-state index in [0.717, 1.165) is 42.5 Å². The van der Waals surface area contributed by atoms with E-state index in [2.05, 4.69) is 20.2 Å². The number of hydrogen-bond donors (Lipinski definition) is 1. The number of morpholine rings is 1. The van der Waals surface area contributed by atoms with E-state index in [0.29, 0.717) is 18.5 Å². The quantitative estimate of drug-likeness (QED) is 0.674. The molecular formula is C19H21N5O3S. The molecule has 146 valence electrons. The average molecular weight is 399 g/mol. The van der Waals surface area contributed by atoms with Gasteiger partial charge in [-0.3, -0.25) is 14.2 Å². The molecule has 3 aromatic heterocycles. The Kier molecular flexibility index (Phi) is 5.63. The third kappa shape index (κ3) is 4.20. The van der Waals surface area contributed by atoms with Crippen LogP contribution in [-0.4, -0.2) is 46.7 Å². The van der Waals surface area contributed by atoms with Crippen LogP contribution in [-0.2, 0) is 22.6 Å². The second-order valence-corrected chi connectivity index (χ2v) is 7.43. The first kappa shape index (κ1) is 18.6. The Hall–Kier alpha value is -2.78. The van der Waals surface area contributed by atoms with Crippen LogP contribution in [0.4, 0.5) is 5.82 Å². The van der Waals surface area contributed by atoms with Crippen molar-refractivity contribution in [1.82, 2.24) is 19.9 Å². The van der Waals surface area contributed by atoms with Gasteiger partial charge >= 0.3 is 0 Å². The zero-order valence-corrected chi connectivity index (χ0v) is 16.2. The molecule has 8 nitrogen and oxygen atoms in total. The Morgan fingerprint density at radius 3 is 2.86 bits per heavy atom. The van der Waals surface area contributed by atoms with E-state index >= 15 is 0 Å². The Balaban J connectivity index is 1.28. The number of thiophene rings is 1. The van der Waals surface area contributed by atoms with Gasteiger partial charge in [-0.1, -0.05) is 6.07 Å². The molecule has 0 bridgehead atoms. The molecule has 1 N–H and O–H groups in total. The zero-order valence-electron chi connectivity index (χ0n) is 15.3. The average Bonchev–Trinajstić information content (AvgIpc) is 3.22. The van der Waals surface area contributed by atoms with Crippen LogP contribution < -0.4 is 15.8 Å². The lowest BCUT2D eigenvalue weighted by molar-refractivity contribution is -0.121. The highest BCUT2D eigenvalue weighted by Crippen LogP contribution is 2.14. The molecule has 1 amide bonds. The highest BCUT2D eigenvalue weighted by atomic mass is 32.1. The molecule has 28 heavy (non-hydrogen) atoms. The van der Waals surface area contributed by atoms with E-state index < -0.39 is 0 Å². The fourth-order valence-corrected chi connectivity index (χ4v) is 3.79. The summed E-state index contributed by atoms with van der Waals surface area (Å²) in [6.45, 7) is 3.83. The summed E-state index contributed by atoms with van der Waals surface area (Å²) in [6.07, 6.45) is 3.50. The molecule has 0 aliphatic carbocycles. The van der Waals surface area contributed by atoms with E-state index in [4.69, 9.17) is 4.74 Å². The van der Waals surface area contributed by atoms with Crippen molar-refractivity contribution in [2.75, 3.05) is 31.2 Å². The Morgan fingerprint density at radius 1 is 1.21 bits per heavy atom. The number of aryl methyl sites for hydroxylation is 1. The molecule has 0 unspecified atom stereocenters. The maximum Gasteiger partial charge on any atom is 0.262 e. The van der Waals surface area contributed by atoms with Gasteiger partial charge in [0.15, 0.2) is 0 Å². The van der Waals surface area contributed by atoms with Crippen molar-refractivity contribution in [2.24, 2.45) is 0 Å². The number of aromatic nitrogens is 3. The van der Waals surface area contributed by atoms with Gasteiger partial charge in [0.25, 0.3) is 5.56 Å². The normalized spacial score (nSPS) is 14.4. The maximum absolute atomic E-state index is 12.3. The third-order valence-corrected chi connectivity index (χ3v) is 5.48. The van der Waals surface area contributed by atoms with Gasteiger partial charge in [0.05, 0.1) is 24.9 Å². The standard InChI is InChI=1S/C19H21N5O3S/c25-17(3-5-24-13-22-18-15(19(24)26)4-10-28-18)21-12-14-1-2-16(20-11-14)23-6-8-27-9-7-23/h1-2,4,10-11,13H,3,5-9,12H2,(H,21,25). The number of carbonyl (C=O) groups excluding carboxylic acids is 1. The van der Waals surface area contributed by atoms with Crippen LogP contribution in [0.25, 0.3) is 10.2 Å². The minimum atomic E-state index is -0.116. The van der Waals surface area contributed by atoms with Crippen molar-refractivity contribution in [2.45, 2.75) is 19.5 Å². The van der Waals surface area contributed by atoms with E-state index in [1.807, 2.05) is 17.5 Å². The number of pyridine rings is 1. The maximum atomic E-state index is 12.3. The number of amides is 1. The molecule has 4 heterocycles. The summed E-state index contributed by atoms with van der Waals surface area (Å²) < 4.78 is 6.83. The lowest BCUT2D eigenvalue weighted by Crippen LogP contribution is -2.36. The van der Waals surface area contributed by atoms with Crippen molar-refractivity contribution < 1.29 is 9.53 Å². The molecule has 0 saturated carbocycles. The van der Waals surface area contributed by atoms with E-state index in [1.165, 1.54) is 22.2 Å². The summed E-state index contributed by atoms with van der Waals surface area (Å²) in [5.41, 5.74) is 0.825. The van der Waals surface area contributed by atoms with Crippen molar-refractivity contribution in [3.8, 4) is 0 Å². The van der Waals surface area contributed by atoms with Crippen LogP contribution in [0.5, 0.6) is 0 Å². The zero-order chi connectivity index (χ0) is 19.3. The molecule has 1 aliphatic rings. The lowest BCUT2D eigenvalue weighted by Gasteiger charge is -2.27. The van der Waals surface area contributed by atoms with E-state index in [1.54, 1.807) is 12.3 Å². The molecule has 1 fully saturated rings. The summed E-state index contributed by atoms with van der Waals surface area (Å²) in [4.78, 5) is 36.1. The molecule has 0 atom stereocenters. The van der Waals surface area contributed by atoms with Gasteiger partial charge in [-0.2, -0.15) is 0 Å². The second kappa shape index (κ2) is 8.49. The summed E-state index contributed by atoms with van der Waals surface area (Å²) in [5, 5.41) is 5.31. The molecule has 0 spiro atoms. The third-order valence-electron chi connectivity index (χ3n) is 4.66. The van der Waals surface area contributed by atoms with Gasteiger partial charge < -0.3 is 15.0 Å². The predicted molar refractivity (Wildman–Crippen MR) is 108 cm³/mol. The topological polar surface area (TPSA) is 89.4 Å². The van der Waals surface area contributed by atoms with Crippen molar-refractivity contribution in [3.05, 3.63) is 52.0 Å². The number of anilines is 1. The number of ether oxygens (including phenoxy) is 1. The fraction of sp³-hybridized carbons (Fsp3) is 0.368.